The Morgan fingerprint density at radius 2 is 1.92 bits per heavy atom. The highest BCUT2D eigenvalue weighted by molar-refractivity contribution is 5.51. The van der Waals surface area contributed by atoms with E-state index in [4.69, 9.17) is 0 Å². The molecule has 5 heteroatoms. The van der Waals surface area contributed by atoms with E-state index in [1.807, 2.05) is 0 Å². The molecule has 1 aliphatic carbocycles. The largest absolute Gasteiger partial charge is 0.396 e. The molecule has 2 fully saturated rings. The van der Waals surface area contributed by atoms with Crippen LogP contribution in [0.4, 0.5) is 11.6 Å². The fraction of sp³-hybridized carbons (Fsp3) is 0.700. The van der Waals surface area contributed by atoms with E-state index in [1.165, 1.54) is 32.1 Å². The summed E-state index contributed by atoms with van der Waals surface area (Å²) in [7, 11) is 0. The number of rotatable bonds is 3. The highest BCUT2D eigenvalue weighted by Gasteiger charge is 2.35. The van der Waals surface area contributed by atoms with Crippen LogP contribution in [0.25, 0.3) is 0 Å². The summed E-state index contributed by atoms with van der Waals surface area (Å²) < 4.78 is 0. The van der Waals surface area contributed by atoms with Crippen LogP contribution in [0.5, 0.6) is 0 Å². The van der Waals surface area contributed by atoms with E-state index < -0.39 is 0 Å². The van der Waals surface area contributed by atoms with Gasteiger partial charge in [0.15, 0.2) is 0 Å². The summed E-state index contributed by atoms with van der Waals surface area (Å²) in [5.74, 6) is 2.47. The third kappa shape index (κ3) is 3.66. The first-order valence-electron chi connectivity index (χ1n) is 9.86. The lowest BCUT2D eigenvalue weighted by molar-refractivity contribution is 0.208. The molecule has 0 radical (unpaired) electrons. The SMILES string of the molecule is OC[C@@H]1CCCN(c2cc(N3CCC[C@@]4(CC=CCC4)C3)ncn2)C1. The van der Waals surface area contributed by atoms with Crippen molar-refractivity contribution < 1.29 is 5.11 Å². The summed E-state index contributed by atoms with van der Waals surface area (Å²) >= 11 is 0. The van der Waals surface area contributed by atoms with Crippen LogP contribution in [0.2, 0.25) is 0 Å². The Kier molecular flexibility index (Phi) is 4.93. The molecule has 1 aromatic rings. The Bertz CT molecular complexity index is 619. The molecule has 1 aromatic heterocycles. The van der Waals surface area contributed by atoms with E-state index in [-0.39, 0.29) is 6.61 Å². The molecule has 0 amide bonds. The summed E-state index contributed by atoms with van der Waals surface area (Å²) in [6.07, 6.45) is 15.0. The molecular formula is C20H30N4O. The lowest BCUT2D eigenvalue weighted by Crippen LogP contribution is -2.44. The standard InChI is InChI=1S/C20H30N4O/c25-14-17-6-4-10-23(13-17)18-12-19(22-16-21-18)24-11-5-9-20(15-24)7-2-1-3-8-20/h1-2,12,16-17,25H,3-11,13-15H2/t17-,20+/m1/s1. The summed E-state index contributed by atoms with van der Waals surface area (Å²) in [6, 6.07) is 2.16. The van der Waals surface area contributed by atoms with E-state index in [0.29, 0.717) is 11.3 Å². The second kappa shape index (κ2) is 7.32. The van der Waals surface area contributed by atoms with Crippen molar-refractivity contribution in [3.8, 4) is 0 Å². The number of allylic oxidation sites excluding steroid dienone is 2. The molecule has 3 heterocycles. The van der Waals surface area contributed by atoms with E-state index in [0.717, 1.165) is 50.7 Å². The first-order chi connectivity index (χ1) is 12.3. The van der Waals surface area contributed by atoms with Crippen molar-refractivity contribution in [2.75, 3.05) is 42.6 Å². The Morgan fingerprint density at radius 1 is 1.08 bits per heavy atom. The number of piperidine rings is 2. The Labute approximate surface area is 150 Å². The first-order valence-corrected chi connectivity index (χ1v) is 9.86. The van der Waals surface area contributed by atoms with Gasteiger partial charge in [-0.15, -0.1) is 0 Å². The quantitative estimate of drug-likeness (QED) is 0.856. The molecule has 0 unspecified atom stereocenters. The average Bonchev–Trinajstić information content (AvgIpc) is 2.69. The Hall–Kier alpha value is -1.62. The maximum atomic E-state index is 9.48. The zero-order valence-electron chi connectivity index (χ0n) is 15.1. The predicted molar refractivity (Wildman–Crippen MR) is 101 cm³/mol. The molecule has 4 rings (SSSR count). The van der Waals surface area contributed by atoms with Crippen LogP contribution >= 0.6 is 0 Å². The summed E-state index contributed by atoms with van der Waals surface area (Å²) in [5.41, 5.74) is 0.450. The van der Waals surface area contributed by atoms with Crippen molar-refractivity contribution in [2.45, 2.75) is 44.9 Å². The number of hydrogen-bond donors (Lipinski definition) is 1. The van der Waals surface area contributed by atoms with Crippen LogP contribution < -0.4 is 9.80 Å². The van der Waals surface area contributed by atoms with Crippen molar-refractivity contribution >= 4 is 11.6 Å². The third-order valence-corrected chi connectivity index (χ3v) is 6.28. The van der Waals surface area contributed by atoms with Gasteiger partial charge in [-0.25, -0.2) is 9.97 Å². The van der Waals surface area contributed by atoms with E-state index in [1.54, 1.807) is 6.33 Å². The van der Waals surface area contributed by atoms with Crippen LogP contribution in [0.3, 0.4) is 0 Å². The number of aliphatic hydroxyl groups is 1. The fourth-order valence-corrected chi connectivity index (χ4v) is 4.82. The lowest BCUT2D eigenvalue weighted by Gasteiger charge is -2.44. The number of hydrogen-bond acceptors (Lipinski definition) is 5. The highest BCUT2D eigenvalue weighted by atomic mass is 16.3. The molecule has 3 aliphatic rings. The smallest absolute Gasteiger partial charge is 0.134 e. The molecule has 0 saturated carbocycles. The van der Waals surface area contributed by atoms with Crippen LogP contribution in [0.1, 0.15) is 44.9 Å². The van der Waals surface area contributed by atoms with Gasteiger partial charge in [0.1, 0.15) is 18.0 Å². The van der Waals surface area contributed by atoms with Crippen molar-refractivity contribution in [2.24, 2.45) is 11.3 Å². The Morgan fingerprint density at radius 3 is 2.72 bits per heavy atom. The van der Waals surface area contributed by atoms with Gasteiger partial charge in [0, 0.05) is 38.9 Å². The van der Waals surface area contributed by atoms with Crippen molar-refractivity contribution in [1.82, 2.24) is 9.97 Å². The second-order valence-electron chi connectivity index (χ2n) is 8.11. The molecule has 0 aromatic carbocycles. The topological polar surface area (TPSA) is 52.5 Å². The monoisotopic (exact) mass is 342 g/mol. The number of anilines is 2. The van der Waals surface area contributed by atoms with E-state index in [2.05, 4.69) is 38.0 Å². The van der Waals surface area contributed by atoms with Gasteiger partial charge in [-0.2, -0.15) is 0 Å². The second-order valence-corrected chi connectivity index (χ2v) is 8.11. The minimum atomic E-state index is 0.274. The Balaban J connectivity index is 1.50. The zero-order valence-corrected chi connectivity index (χ0v) is 15.1. The molecular weight excluding hydrogens is 312 g/mol. The molecule has 2 saturated heterocycles. The molecule has 25 heavy (non-hydrogen) atoms. The van der Waals surface area contributed by atoms with Crippen LogP contribution in [0, 0.1) is 11.3 Å². The van der Waals surface area contributed by atoms with Crippen LogP contribution in [-0.4, -0.2) is 47.9 Å². The van der Waals surface area contributed by atoms with E-state index in [9.17, 15) is 5.11 Å². The van der Waals surface area contributed by atoms with Crippen molar-refractivity contribution in [1.29, 1.82) is 0 Å². The summed E-state index contributed by atoms with van der Waals surface area (Å²) in [4.78, 5) is 13.9. The number of aromatic nitrogens is 2. The number of nitrogens with zero attached hydrogens (tertiary/aromatic N) is 4. The molecule has 136 valence electrons. The molecule has 0 bridgehead atoms. The fourth-order valence-electron chi connectivity index (χ4n) is 4.82. The van der Waals surface area contributed by atoms with Crippen molar-refractivity contribution in [3.05, 3.63) is 24.5 Å². The van der Waals surface area contributed by atoms with Gasteiger partial charge in [-0.3, -0.25) is 0 Å². The zero-order chi connectivity index (χ0) is 17.1. The normalized spacial score (nSPS) is 30.0. The molecule has 2 atom stereocenters. The van der Waals surface area contributed by atoms with Crippen LogP contribution in [0.15, 0.2) is 24.5 Å². The van der Waals surface area contributed by atoms with E-state index >= 15 is 0 Å². The van der Waals surface area contributed by atoms with Gasteiger partial charge >= 0.3 is 0 Å². The van der Waals surface area contributed by atoms with Gasteiger partial charge < -0.3 is 14.9 Å². The maximum Gasteiger partial charge on any atom is 0.134 e. The van der Waals surface area contributed by atoms with Crippen molar-refractivity contribution in [3.63, 3.8) is 0 Å². The summed E-state index contributed by atoms with van der Waals surface area (Å²) in [5, 5.41) is 9.48. The minimum Gasteiger partial charge on any atom is -0.396 e. The third-order valence-electron chi connectivity index (χ3n) is 6.28. The minimum absolute atomic E-state index is 0.274. The summed E-state index contributed by atoms with van der Waals surface area (Å²) in [6.45, 7) is 4.42. The van der Waals surface area contributed by atoms with Gasteiger partial charge in [0.05, 0.1) is 0 Å². The van der Waals surface area contributed by atoms with Gasteiger partial charge in [-0.1, -0.05) is 12.2 Å². The highest BCUT2D eigenvalue weighted by Crippen LogP contribution is 2.41. The first kappa shape index (κ1) is 16.8. The molecule has 5 nitrogen and oxygen atoms in total. The van der Waals surface area contributed by atoms with Gasteiger partial charge in [-0.05, 0) is 56.3 Å². The lowest BCUT2D eigenvalue weighted by atomic mass is 9.71. The van der Waals surface area contributed by atoms with Gasteiger partial charge in [0.25, 0.3) is 0 Å². The molecule has 2 aliphatic heterocycles. The molecule has 1 N–H and O–H groups in total. The average molecular weight is 342 g/mol. The number of aliphatic hydroxyl groups excluding tert-OH is 1. The van der Waals surface area contributed by atoms with Crippen LogP contribution in [-0.2, 0) is 0 Å². The predicted octanol–water partition coefficient (Wildman–Crippen LogP) is 3.01. The molecule has 1 spiro atoms. The van der Waals surface area contributed by atoms with Gasteiger partial charge in [0.2, 0.25) is 0 Å². The maximum absolute atomic E-state index is 9.48.